The summed E-state index contributed by atoms with van der Waals surface area (Å²) in [5.74, 6) is 1.58. The van der Waals surface area contributed by atoms with Gasteiger partial charge in [-0.1, -0.05) is 25.3 Å². The van der Waals surface area contributed by atoms with Crippen LogP contribution in [0.2, 0.25) is 0 Å². The van der Waals surface area contributed by atoms with Crippen LogP contribution in [0, 0.1) is 0 Å². The molecule has 6 heteroatoms. The van der Waals surface area contributed by atoms with Crippen molar-refractivity contribution in [2.75, 3.05) is 20.8 Å². The fourth-order valence-electron chi connectivity index (χ4n) is 3.40. The Morgan fingerprint density at radius 1 is 1.11 bits per heavy atom. The summed E-state index contributed by atoms with van der Waals surface area (Å²) in [5, 5.41) is 7.15. The summed E-state index contributed by atoms with van der Waals surface area (Å²) >= 11 is 1.59. The molecule has 1 saturated carbocycles. The number of benzene rings is 1. The topological polar surface area (TPSA) is 48.1 Å². The minimum Gasteiger partial charge on any atom is -0.497 e. The van der Waals surface area contributed by atoms with E-state index >= 15 is 0 Å². The summed E-state index contributed by atoms with van der Waals surface area (Å²) < 4.78 is 13.0. The van der Waals surface area contributed by atoms with E-state index in [1.165, 1.54) is 37.8 Å². The van der Waals surface area contributed by atoms with Crippen molar-refractivity contribution in [3.63, 3.8) is 0 Å². The summed E-state index contributed by atoms with van der Waals surface area (Å²) in [4.78, 5) is 5.53. The van der Waals surface area contributed by atoms with Crippen LogP contribution in [0.25, 0.3) is 11.3 Å². The maximum Gasteiger partial charge on any atom is 0.206 e. The van der Waals surface area contributed by atoms with Crippen LogP contribution in [0.3, 0.4) is 0 Å². The lowest BCUT2D eigenvalue weighted by Gasteiger charge is -2.14. The normalized spacial score (nSPS) is 15.6. The predicted octanol–water partition coefficient (Wildman–Crippen LogP) is 5.27. The molecule has 1 aliphatic carbocycles. The van der Waals surface area contributed by atoms with Crippen LogP contribution < -0.4 is 14.3 Å². The Kier molecular flexibility index (Phi) is 7.48. The van der Waals surface area contributed by atoms with Gasteiger partial charge < -0.3 is 9.47 Å². The van der Waals surface area contributed by atoms with Gasteiger partial charge >= 0.3 is 0 Å². The number of rotatable bonds is 6. The Balaban J connectivity index is 2.12. The Labute approximate surface area is 171 Å². The number of hydrogen-bond acceptors (Lipinski definition) is 5. The average Bonchev–Trinajstić information content (AvgIpc) is 3.09. The van der Waals surface area contributed by atoms with Gasteiger partial charge in [0.2, 0.25) is 4.80 Å². The van der Waals surface area contributed by atoms with E-state index in [9.17, 15) is 0 Å². The minimum absolute atomic E-state index is 0.569. The van der Waals surface area contributed by atoms with Gasteiger partial charge in [0.05, 0.1) is 26.5 Å². The Hall–Kier alpha value is -2.34. The second kappa shape index (κ2) is 10.3. The van der Waals surface area contributed by atoms with E-state index in [4.69, 9.17) is 14.6 Å². The number of nitrogens with zero attached hydrogens (tertiary/aromatic N) is 3. The summed E-state index contributed by atoms with van der Waals surface area (Å²) in [6, 6.07) is 5.83. The minimum atomic E-state index is 0.569. The molecular weight excluding hydrogens is 370 g/mol. The Bertz CT molecular complexity index is 885. The number of ether oxygens (including phenoxy) is 2. The molecule has 150 valence electrons. The van der Waals surface area contributed by atoms with E-state index in [2.05, 4.69) is 17.0 Å². The second-order valence-corrected chi connectivity index (χ2v) is 7.68. The third-order valence-electron chi connectivity index (χ3n) is 4.90. The van der Waals surface area contributed by atoms with Crippen LogP contribution in [0.15, 0.2) is 46.3 Å². The van der Waals surface area contributed by atoms with Crippen molar-refractivity contribution in [2.24, 2.45) is 10.1 Å². The second-order valence-electron chi connectivity index (χ2n) is 6.84. The maximum absolute atomic E-state index is 5.61. The van der Waals surface area contributed by atoms with Crippen molar-refractivity contribution in [1.82, 2.24) is 4.68 Å². The third kappa shape index (κ3) is 4.93. The number of thiazole rings is 1. The van der Waals surface area contributed by atoms with Crippen molar-refractivity contribution in [1.29, 1.82) is 0 Å². The standard InChI is InChI=1S/C22H29N3O2S/c1-4-14-23-22-25(24-17-10-8-6-5-7-9-11-17)20(16-28-22)19-15-18(26-2)12-13-21(19)27-3/h4,12-13,15-16H,1,5-11,14H2,2-3H3. The SMILES string of the molecule is C=CCN=c1scc(-c2cc(OC)ccc2OC)n1N=C1CCCCCCC1. The largest absolute Gasteiger partial charge is 0.497 e. The molecule has 2 aromatic rings. The highest BCUT2D eigenvalue weighted by Gasteiger charge is 2.15. The zero-order valence-corrected chi connectivity index (χ0v) is 17.6. The third-order valence-corrected chi connectivity index (χ3v) is 5.75. The monoisotopic (exact) mass is 399 g/mol. The molecule has 1 heterocycles. The molecule has 5 nitrogen and oxygen atoms in total. The molecule has 0 N–H and O–H groups in total. The smallest absolute Gasteiger partial charge is 0.206 e. The first kappa shape index (κ1) is 20.4. The van der Waals surface area contributed by atoms with E-state index in [-0.39, 0.29) is 0 Å². The fourth-order valence-corrected chi connectivity index (χ4v) is 4.23. The molecule has 0 unspecified atom stereocenters. The summed E-state index contributed by atoms with van der Waals surface area (Å²) in [6.45, 7) is 4.36. The number of methoxy groups -OCH3 is 2. The van der Waals surface area contributed by atoms with E-state index in [0.717, 1.165) is 40.4 Å². The lowest BCUT2D eigenvalue weighted by molar-refractivity contribution is 0.404. The Morgan fingerprint density at radius 3 is 2.54 bits per heavy atom. The van der Waals surface area contributed by atoms with Crippen LogP contribution in [0.1, 0.15) is 44.9 Å². The summed E-state index contributed by atoms with van der Waals surface area (Å²) in [5.41, 5.74) is 3.17. The molecule has 0 spiro atoms. The van der Waals surface area contributed by atoms with Gasteiger partial charge in [0, 0.05) is 16.7 Å². The van der Waals surface area contributed by atoms with Gasteiger partial charge in [-0.15, -0.1) is 17.9 Å². The maximum atomic E-state index is 5.61. The molecule has 0 bridgehead atoms. The predicted molar refractivity (Wildman–Crippen MR) is 117 cm³/mol. The van der Waals surface area contributed by atoms with E-state index in [1.807, 2.05) is 22.9 Å². The van der Waals surface area contributed by atoms with E-state index in [0.29, 0.717) is 6.54 Å². The van der Waals surface area contributed by atoms with Gasteiger partial charge in [-0.25, -0.2) is 4.68 Å². The molecule has 28 heavy (non-hydrogen) atoms. The van der Waals surface area contributed by atoms with Crippen LogP contribution in [0.4, 0.5) is 0 Å². The van der Waals surface area contributed by atoms with Crippen molar-refractivity contribution in [2.45, 2.75) is 44.9 Å². The van der Waals surface area contributed by atoms with Crippen LogP contribution in [0.5, 0.6) is 11.5 Å². The zero-order chi connectivity index (χ0) is 19.8. The summed E-state index contributed by atoms with van der Waals surface area (Å²) in [7, 11) is 3.36. The van der Waals surface area contributed by atoms with Crippen molar-refractivity contribution in [3.8, 4) is 22.8 Å². The van der Waals surface area contributed by atoms with E-state index in [1.54, 1.807) is 31.6 Å². The van der Waals surface area contributed by atoms with Crippen LogP contribution in [-0.2, 0) is 0 Å². The average molecular weight is 400 g/mol. The number of aromatic nitrogens is 1. The highest BCUT2D eigenvalue weighted by molar-refractivity contribution is 7.07. The summed E-state index contributed by atoms with van der Waals surface area (Å²) in [6.07, 6.45) is 10.2. The Morgan fingerprint density at radius 2 is 1.86 bits per heavy atom. The first-order chi connectivity index (χ1) is 13.8. The first-order valence-electron chi connectivity index (χ1n) is 9.88. The van der Waals surface area contributed by atoms with Gasteiger partial charge in [0.15, 0.2) is 0 Å². The highest BCUT2D eigenvalue weighted by Crippen LogP contribution is 2.34. The fraction of sp³-hybridized carbons (Fsp3) is 0.455. The van der Waals surface area contributed by atoms with Crippen molar-refractivity contribution in [3.05, 3.63) is 41.0 Å². The molecular formula is C22H29N3O2S. The lowest BCUT2D eigenvalue weighted by atomic mass is 9.99. The molecule has 0 atom stereocenters. The number of hydrogen-bond donors (Lipinski definition) is 0. The van der Waals surface area contributed by atoms with Gasteiger partial charge in [-0.2, -0.15) is 5.10 Å². The zero-order valence-electron chi connectivity index (χ0n) is 16.8. The first-order valence-corrected chi connectivity index (χ1v) is 10.8. The highest BCUT2D eigenvalue weighted by atomic mass is 32.1. The van der Waals surface area contributed by atoms with Crippen molar-refractivity contribution < 1.29 is 9.47 Å². The molecule has 1 aromatic carbocycles. The van der Waals surface area contributed by atoms with Crippen LogP contribution >= 0.6 is 11.3 Å². The van der Waals surface area contributed by atoms with Crippen molar-refractivity contribution >= 4 is 17.0 Å². The molecule has 1 aromatic heterocycles. The molecule has 0 saturated heterocycles. The molecule has 0 amide bonds. The molecule has 1 fully saturated rings. The molecule has 0 aliphatic heterocycles. The van der Waals surface area contributed by atoms with Gasteiger partial charge in [-0.05, 0) is 43.9 Å². The van der Waals surface area contributed by atoms with Gasteiger partial charge in [0.25, 0.3) is 0 Å². The molecule has 1 aliphatic rings. The van der Waals surface area contributed by atoms with Gasteiger partial charge in [0.1, 0.15) is 11.5 Å². The quantitative estimate of drug-likeness (QED) is 0.621. The van der Waals surface area contributed by atoms with E-state index < -0.39 is 0 Å². The molecule has 3 rings (SSSR count). The lowest BCUT2D eigenvalue weighted by Crippen LogP contribution is -2.16. The van der Waals surface area contributed by atoms with Crippen LogP contribution in [-0.4, -0.2) is 31.2 Å². The molecule has 0 radical (unpaired) electrons. The van der Waals surface area contributed by atoms with Gasteiger partial charge in [-0.3, -0.25) is 4.99 Å².